The smallest absolute Gasteiger partial charge is 0.00151 e. The summed E-state index contributed by atoms with van der Waals surface area (Å²) in [6, 6.07) is 0. The number of hydrogen-bond acceptors (Lipinski definition) is 1. The van der Waals surface area contributed by atoms with Crippen LogP contribution in [-0.4, -0.2) is 13.1 Å². The van der Waals surface area contributed by atoms with Gasteiger partial charge in [-0.1, -0.05) is 6.92 Å². The highest BCUT2D eigenvalue weighted by atomic mass is 14.9. The molecule has 1 heterocycles. The molecule has 1 nitrogen and oxygen atoms in total. The van der Waals surface area contributed by atoms with Gasteiger partial charge in [0.1, 0.15) is 0 Å². The standard InChI is InChI=1S/C7H13N/c1-5-6-2-3-8-4-7(5)6/h5-8H,2-4H2,1H3. The van der Waals surface area contributed by atoms with Crippen LogP contribution < -0.4 is 5.32 Å². The van der Waals surface area contributed by atoms with Crippen LogP contribution in [-0.2, 0) is 0 Å². The Kier molecular flexibility index (Phi) is 0.884. The SMILES string of the molecule is CC1C2CCNCC12. The van der Waals surface area contributed by atoms with Crippen LogP contribution in [0.25, 0.3) is 0 Å². The second kappa shape index (κ2) is 1.47. The maximum absolute atomic E-state index is 3.41. The fourth-order valence-corrected chi connectivity index (χ4v) is 1.99. The molecule has 2 rings (SSSR count). The molecule has 0 spiro atoms. The molecule has 0 aromatic heterocycles. The second-order valence-electron chi connectivity index (χ2n) is 3.18. The van der Waals surface area contributed by atoms with Crippen LogP contribution in [0.3, 0.4) is 0 Å². The van der Waals surface area contributed by atoms with Crippen LogP contribution in [0, 0.1) is 17.8 Å². The lowest BCUT2D eigenvalue weighted by molar-refractivity contribution is 0.497. The third-order valence-corrected chi connectivity index (χ3v) is 2.79. The Morgan fingerprint density at radius 3 is 2.75 bits per heavy atom. The molecule has 1 saturated heterocycles. The minimum atomic E-state index is 1.05. The van der Waals surface area contributed by atoms with Gasteiger partial charge in [0, 0.05) is 0 Å². The van der Waals surface area contributed by atoms with E-state index in [1.165, 1.54) is 19.5 Å². The summed E-state index contributed by atoms with van der Waals surface area (Å²) in [4.78, 5) is 0. The number of piperidine rings is 1. The van der Waals surface area contributed by atoms with E-state index >= 15 is 0 Å². The average molecular weight is 111 g/mol. The van der Waals surface area contributed by atoms with E-state index in [1.54, 1.807) is 0 Å². The summed E-state index contributed by atoms with van der Waals surface area (Å²) < 4.78 is 0. The molecule has 2 aliphatic rings. The van der Waals surface area contributed by atoms with Gasteiger partial charge in [-0.05, 0) is 37.3 Å². The van der Waals surface area contributed by atoms with Gasteiger partial charge in [0.05, 0.1) is 0 Å². The predicted octanol–water partition coefficient (Wildman–Crippen LogP) is 0.862. The molecule has 0 aromatic carbocycles. The Morgan fingerprint density at radius 2 is 2.25 bits per heavy atom. The first-order valence-corrected chi connectivity index (χ1v) is 3.60. The van der Waals surface area contributed by atoms with Crippen molar-refractivity contribution < 1.29 is 0 Å². The molecule has 0 radical (unpaired) electrons. The zero-order valence-electron chi connectivity index (χ0n) is 5.35. The molecule has 1 saturated carbocycles. The van der Waals surface area contributed by atoms with Crippen molar-refractivity contribution in [1.82, 2.24) is 5.32 Å². The first-order chi connectivity index (χ1) is 3.89. The molecule has 1 aliphatic heterocycles. The summed E-state index contributed by atoms with van der Waals surface area (Å²) in [5.74, 6) is 3.21. The monoisotopic (exact) mass is 111 g/mol. The lowest BCUT2D eigenvalue weighted by Crippen LogP contribution is -2.23. The first kappa shape index (κ1) is 4.80. The Bertz CT molecular complexity index is 88.6. The number of rotatable bonds is 0. The molecule has 0 bridgehead atoms. The normalized spacial score (nSPS) is 52.9. The largest absolute Gasteiger partial charge is 0.316 e. The van der Waals surface area contributed by atoms with Crippen molar-refractivity contribution in [3.63, 3.8) is 0 Å². The van der Waals surface area contributed by atoms with Gasteiger partial charge in [0.25, 0.3) is 0 Å². The van der Waals surface area contributed by atoms with Crippen LogP contribution in [0.15, 0.2) is 0 Å². The van der Waals surface area contributed by atoms with E-state index in [0.717, 1.165) is 17.8 Å². The summed E-state index contributed by atoms with van der Waals surface area (Å²) in [6.45, 7) is 4.94. The van der Waals surface area contributed by atoms with E-state index in [4.69, 9.17) is 0 Å². The van der Waals surface area contributed by atoms with Crippen LogP contribution in [0.4, 0.5) is 0 Å². The van der Waals surface area contributed by atoms with Gasteiger partial charge in [-0.2, -0.15) is 0 Å². The molecule has 1 heteroatoms. The molecular weight excluding hydrogens is 98.1 g/mol. The van der Waals surface area contributed by atoms with Crippen molar-refractivity contribution in [3.05, 3.63) is 0 Å². The van der Waals surface area contributed by atoms with Gasteiger partial charge in [-0.15, -0.1) is 0 Å². The summed E-state index contributed by atoms with van der Waals surface area (Å²) in [5, 5.41) is 3.41. The van der Waals surface area contributed by atoms with E-state index in [-0.39, 0.29) is 0 Å². The van der Waals surface area contributed by atoms with Crippen molar-refractivity contribution >= 4 is 0 Å². The average Bonchev–Trinajstić information content (AvgIpc) is 2.46. The van der Waals surface area contributed by atoms with Gasteiger partial charge in [-0.3, -0.25) is 0 Å². The number of hydrogen-bond donors (Lipinski definition) is 1. The van der Waals surface area contributed by atoms with Gasteiger partial charge in [-0.25, -0.2) is 0 Å². The fourth-order valence-electron chi connectivity index (χ4n) is 1.99. The van der Waals surface area contributed by atoms with Crippen LogP contribution in [0.5, 0.6) is 0 Å². The summed E-state index contributed by atoms with van der Waals surface area (Å²) in [6.07, 6.45) is 1.44. The van der Waals surface area contributed by atoms with Crippen LogP contribution in [0.2, 0.25) is 0 Å². The molecule has 2 fully saturated rings. The lowest BCUT2D eigenvalue weighted by Gasteiger charge is -2.08. The summed E-state index contributed by atoms with van der Waals surface area (Å²) >= 11 is 0. The molecule has 1 aliphatic carbocycles. The molecule has 3 atom stereocenters. The minimum Gasteiger partial charge on any atom is -0.316 e. The number of nitrogens with one attached hydrogen (secondary N) is 1. The zero-order chi connectivity index (χ0) is 5.56. The van der Waals surface area contributed by atoms with Gasteiger partial charge < -0.3 is 5.32 Å². The Morgan fingerprint density at radius 1 is 1.38 bits per heavy atom. The Balaban J connectivity index is 1.97. The van der Waals surface area contributed by atoms with Crippen LogP contribution >= 0.6 is 0 Å². The maximum Gasteiger partial charge on any atom is -0.00151 e. The quantitative estimate of drug-likeness (QED) is 0.489. The van der Waals surface area contributed by atoms with E-state index < -0.39 is 0 Å². The van der Waals surface area contributed by atoms with E-state index in [2.05, 4.69) is 12.2 Å². The second-order valence-corrected chi connectivity index (χ2v) is 3.18. The highest BCUT2D eigenvalue weighted by Crippen LogP contribution is 2.48. The Labute approximate surface area is 50.5 Å². The zero-order valence-corrected chi connectivity index (χ0v) is 5.35. The first-order valence-electron chi connectivity index (χ1n) is 3.60. The van der Waals surface area contributed by atoms with Crippen molar-refractivity contribution in [3.8, 4) is 0 Å². The van der Waals surface area contributed by atoms with E-state index in [0.29, 0.717) is 0 Å². The van der Waals surface area contributed by atoms with Crippen molar-refractivity contribution in [2.24, 2.45) is 17.8 Å². The lowest BCUT2D eigenvalue weighted by atomic mass is 10.2. The van der Waals surface area contributed by atoms with E-state index in [1.807, 2.05) is 0 Å². The van der Waals surface area contributed by atoms with Crippen LogP contribution in [0.1, 0.15) is 13.3 Å². The van der Waals surface area contributed by atoms with Gasteiger partial charge in [0.2, 0.25) is 0 Å². The minimum absolute atomic E-state index is 1.05. The molecule has 0 amide bonds. The highest BCUT2D eigenvalue weighted by Gasteiger charge is 2.46. The van der Waals surface area contributed by atoms with Gasteiger partial charge >= 0.3 is 0 Å². The van der Waals surface area contributed by atoms with Crippen molar-refractivity contribution in [2.75, 3.05) is 13.1 Å². The molecule has 1 N–H and O–H groups in total. The van der Waals surface area contributed by atoms with Crippen molar-refractivity contribution in [1.29, 1.82) is 0 Å². The predicted molar refractivity (Wildman–Crippen MR) is 33.6 cm³/mol. The maximum atomic E-state index is 3.41. The summed E-state index contributed by atoms with van der Waals surface area (Å²) in [7, 11) is 0. The molecule has 0 aromatic rings. The topological polar surface area (TPSA) is 12.0 Å². The summed E-state index contributed by atoms with van der Waals surface area (Å²) in [5.41, 5.74) is 0. The van der Waals surface area contributed by atoms with Crippen molar-refractivity contribution in [2.45, 2.75) is 13.3 Å². The third-order valence-electron chi connectivity index (χ3n) is 2.79. The molecular formula is C7H13N. The third kappa shape index (κ3) is 0.510. The molecule has 3 unspecified atom stereocenters. The molecule has 46 valence electrons. The van der Waals surface area contributed by atoms with E-state index in [9.17, 15) is 0 Å². The highest BCUT2D eigenvalue weighted by molar-refractivity contribution is 4.97. The molecule has 8 heavy (non-hydrogen) atoms. The number of fused-ring (bicyclic) bond motifs is 1. The Hall–Kier alpha value is -0.0400. The van der Waals surface area contributed by atoms with Gasteiger partial charge in [0.15, 0.2) is 0 Å². The fraction of sp³-hybridized carbons (Fsp3) is 1.00.